The van der Waals surface area contributed by atoms with E-state index in [9.17, 15) is 0 Å². The Morgan fingerprint density at radius 1 is 1.10 bits per heavy atom. The molecule has 0 radical (unpaired) electrons. The molecule has 0 saturated carbocycles. The van der Waals surface area contributed by atoms with Gasteiger partial charge in [0.1, 0.15) is 12.4 Å². The fraction of sp³-hybridized carbons (Fsp3) is 0.591. The molecule has 2 rings (SSSR count). The lowest BCUT2D eigenvalue weighted by Crippen LogP contribution is -2.43. The lowest BCUT2D eigenvalue weighted by atomic mass is 10.1. The minimum Gasteiger partial charge on any atom is -0.356 e. The molecule has 0 aliphatic rings. The Hall–Kier alpha value is -1.68. The van der Waals surface area contributed by atoms with E-state index in [1.165, 1.54) is 5.56 Å². The summed E-state index contributed by atoms with van der Waals surface area (Å²) in [7, 11) is 1.98. The SMILES string of the molecule is CCCCNC(=NCc1nnc(C)n1C)NCC(c1ccccc1)N(CC)CC.I. The molecule has 2 N–H and O–H groups in total. The van der Waals surface area contributed by atoms with Crippen molar-refractivity contribution in [2.75, 3.05) is 26.2 Å². The number of nitrogens with one attached hydrogen (secondary N) is 2. The molecule has 2 aromatic rings. The van der Waals surface area contributed by atoms with Crippen molar-refractivity contribution in [3.63, 3.8) is 0 Å². The Balaban J connectivity index is 0.00000450. The number of benzene rings is 1. The Morgan fingerprint density at radius 3 is 2.37 bits per heavy atom. The number of guanidine groups is 1. The molecule has 1 aromatic carbocycles. The van der Waals surface area contributed by atoms with E-state index in [0.717, 1.165) is 56.6 Å². The van der Waals surface area contributed by atoms with Crippen molar-refractivity contribution in [3.05, 3.63) is 47.5 Å². The Kier molecular flexibility index (Phi) is 12.6. The molecule has 0 saturated heterocycles. The number of halogens is 1. The van der Waals surface area contributed by atoms with E-state index in [0.29, 0.717) is 12.6 Å². The normalized spacial score (nSPS) is 12.5. The van der Waals surface area contributed by atoms with E-state index in [-0.39, 0.29) is 24.0 Å². The predicted molar refractivity (Wildman–Crippen MR) is 135 cm³/mol. The second kappa shape index (κ2) is 14.3. The van der Waals surface area contributed by atoms with E-state index < -0.39 is 0 Å². The average Bonchev–Trinajstić information content (AvgIpc) is 3.07. The van der Waals surface area contributed by atoms with Crippen molar-refractivity contribution in [2.24, 2.45) is 12.0 Å². The first-order valence-corrected chi connectivity index (χ1v) is 10.8. The molecule has 30 heavy (non-hydrogen) atoms. The van der Waals surface area contributed by atoms with Gasteiger partial charge in [-0.2, -0.15) is 0 Å². The average molecular weight is 527 g/mol. The molecule has 1 aromatic heterocycles. The summed E-state index contributed by atoms with van der Waals surface area (Å²) < 4.78 is 1.98. The van der Waals surface area contributed by atoms with Gasteiger partial charge in [0, 0.05) is 20.1 Å². The van der Waals surface area contributed by atoms with Gasteiger partial charge in [-0.3, -0.25) is 4.90 Å². The number of nitrogens with zero attached hydrogens (tertiary/aromatic N) is 5. The van der Waals surface area contributed by atoms with Crippen LogP contribution in [0.2, 0.25) is 0 Å². The fourth-order valence-corrected chi connectivity index (χ4v) is 3.29. The van der Waals surface area contributed by atoms with Crippen LogP contribution in [-0.2, 0) is 13.6 Å². The summed E-state index contributed by atoms with van der Waals surface area (Å²) in [6.07, 6.45) is 2.26. The third kappa shape index (κ3) is 7.86. The fourth-order valence-electron chi connectivity index (χ4n) is 3.29. The maximum Gasteiger partial charge on any atom is 0.191 e. The van der Waals surface area contributed by atoms with E-state index in [1.807, 2.05) is 18.5 Å². The van der Waals surface area contributed by atoms with E-state index in [4.69, 9.17) is 4.99 Å². The molecule has 7 nitrogen and oxygen atoms in total. The zero-order chi connectivity index (χ0) is 21.1. The summed E-state index contributed by atoms with van der Waals surface area (Å²) in [5.74, 6) is 2.59. The van der Waals surface area contributed by atoms with E-state index >= 15 is 0 Å². The van der Waals surface area contributed by atoms with Gasteiger partial charge in [-0.05, 0) is 32.0 Å². The third-order valence-electron chi connectivity index (χ3n) is 5.28. The summed E-state index contributed by atoms with van der Waals surface area (Å²) in [6, 6.07) is 11.0. The highest BCUT2D eigenvalue weighted by molar-refractivity contribution is 14.0. The molecule has 168 valence electrons. The minimum atomic E-state index is 0. The maximum atomic E-state index is 4.77. The molecule has 1 unspecified atom stereocenters. The van der Waals surface area contributed by atoms with Gasteiger partial charge in [0.15, 0.2) is 11.8 Å². The van der Waals surface area contributed by atoms with Gasteiger partial charge in [-0.25, -0.2) is 4.99 Å². The zero-order valence-electron chi connectivity index (χ0n) is 19.1. The topological polar surface area (TPSA) is 70.4 Å². The van der Waals surface area contributed by atoms with Crippen LogP contribution in [0.3, 0.4) is 0 Å². The summed E-state index contributed by atoms with van der Waals surface area (Å²) in [6.45, 7) is 12.8. The van der Waals surface area contributed by atoms with Crippen LogP contribution in [0.25, 0.3) is 0 Å². The monoisotopic (exact) mass is 527 g/mol. The van der Waals surface area contributed by atoms with Crippen molar-refractivity contribution >= 4 is 29.9 Å². The number of hydrogen-bond acceptors (Lipinski definition) is 4. The second-order valence-corrected chi connectivity index (χ2v) is 7.20. The first-order chi connectivity index (χ1) is 14.1. The summed E-state index contributed by atoms with van der Waals surface area (Å²) in [4.78, 5) is 7.24. The molecular formula is C22H38IN7. The summed E-state index contributed by atoms with van der Waals surface area (Å²) in [5, 5.41) is 15.4. The largest absolute Gasteiger partial charge is 0.356 e. The van der Waals surface area contributed by atoms with Crippen molar-refractivity contribution in [1.29, 1.82) is 0 Å². The molecular weight excluding hydrogens is 489 g/mol. The number of aryl methyl sites for hydroxylation is 1. The standard InChI is InChI=1S/C22H37N7.HI/c1-6-9-15-23-22(25-17-21-27-26-18(4)28(21)5)24-16-20(29(7-2)8-3)19-13-11-10-12-14-19;/h10-14,20H,6-9,15-17H2,1-5H3,(H2,23,24,25);1H. The molecule has 8 heteroatoms. The molecule has 1 heterocycles. The van der Waals surface area contributed by atoms with E-state index in [2.05, 4.69) is 76.8 Å². The lowest BCUT2D eigenvalue weighted by Gasteiger charge is -2.31. The lowest BCUT2D eigenvalue weighted by molar-refractivity contribution is 0.219. The number of aromatic nitrogens is 3. The molecule has 1 atom stereocenters. The van der Waals surface area contributed by atoms with Gasteiger partial charge in [0.05, 0.1) is 6.04 Å². The van der Waals surface area contributed by atoms with Crippen LogP contribution in [0.4, 0.5) is 0 Å². The minimum absolute atomic E-state index is 0. The van der Waals surface area contributed by atoms with Crippen molar-refractivity contribution < 1.29 is 0 Å². The Morgan fingerprint density at radius 2 is 1.80 bits per heavy atom. The Bertz CT molecular complexity index is 741. The highest BCUT2D eigenvalue weighted by Crippen LogP contribution is 2.19. The van der Waals surface area contributed by atoms with Gasteiger partial charge in [0.2, 0.25) is 0 Å². The maximum absolute atomic E-state index is 4.77. The number of rotatable bonds is 11. The van der Waals surface area contributed by atoms with Crippen LogP contribution < -0.4 is 10.6 Å². The van der Waals surface area contributed by atoms with Crippen LogP contribution in [0.5, 0.6) is 0 Å². The van der Waals surface area contributed by atoms with Crippen LogP contribution >= 0.6 is 24.0 Å². The predicted octanol–water partition coefficient (Wildman–Crippen LogP) is 3.66. The summed E-state index contributed by atoms with van der Waals surface area (Å²) in [5.41, 5.74) is 1.32. The van der Waals surface area contributed by atoms with Crippen LogP contribution in [-0.4, -0.2) is 51.8 Å². The van der Waals surface area contributed by atoms with Gasteiger partial charge < -0.3 is 15.2 Å². The van der Waals surface area contributed by atoms with Crippen LogP contribution in [0.1, 0.15) is 56.9 Å². The second-order valence-electron chi connectivity index (χ2n) is 7.20. The van der Waals surface area contributed by atoms with Crippen LogP contribution in [0, 0.1) is 6.92 Å². The van der Waals surface area contributed by atoms with Crippen molar-refractivity contribution in [2.45, 2.75) is 53.1 Å². The molecule has 0 amide bonds. The molecule has 0 fully saturated rings. The van der Waals surface area contributed by atoms with Gasteiger partial charge in [0.25, 0.3) is 0 Å². The smallest absolute Gasteiger partial charge is 0.191 e. The first-order valence-electron chi connectivity index (χ1n) is 10.8. The van der Waals surface area contributed by atoms with Gasteiger partial charge >= 0.3 is 0 Å². The quantitative estimate of drug-likeness (QED) is 0.202. The van der Waals surface area contributed by atoms with Gasteiger partial charge in [-0.15, -0.1) is 34.2 Å². The van der Waals surface area contributed by atoms with E-state index in [1.54, 1.807) is 0 Å². The number of aliphatic imine (C=N–C) groups is 1. The molecule has 0 bridgehead atoms. The highest BCUT2D eigenvalue weighted by Gasteiger charge is 2.18. The Labute approximate surface area is 198 Å². The van der Waals surface area contributed by atoms with Crippen LogP contribution in [0.15, 0.2) is 35.3 Å². The molecule has 0 aliphatic heterocycles. The number of hydrogen-bond donors (Lipinski definition) is 2. The third-order valence-corrected chi connectivity index (χ3v) is 5.28. The highest BCUT2D eigenvalue weighted by atomic mass is 127. The van der Waals surface area contributed by atoms with Crippen molar-refractivity contribution in [3.8, 4) is 0 Å². The number of likely N-dealkylation sites (N-methyl/N-ethyl adjacent to an activating group) is 1. The first kappa shape index (κ1) is 26.4. The number of unbranched alkanes of at least 4 members (excludes halogenated alkanes) is 1. The van der Waals surface area contributed by atoms with Gasteiger partial charge in [-0.1, -0.05) is 57.5 Å². The molecule has 0 aliphatic carbocycles. The van der Waals surface area contributed by atoms with Crippen molar-refractivity contribution in [1.82, 2.24) is 30.3 Å². The zero-order valence-corrected chi connectivity index (χ0v) is 21.4. The molecule has 0 spiro atoms. The summed E-state index contributed by atoms with van der Waals surface area (Å²) >= 11 is 0.